The molecular weight excluding hydrogens is 547 g/mol. The summed E-state index contributed by atoms with van der Waals surface area (Å²) in [5, 5.41) is 3.70. The summed E-state index contributed by atoms with van der Waals surface area (Å²) in [4.78, 5) is 10.2. The number of hydrogen-bond donors (Lipinski definition) is 0. The molecule has 0 aliphatic carbocycles. The van der Waals surface area contributed by atoms with Gasteiger partial charge < -0.3 is 9.47 Å². The molecule has 43 heavy (non-hydrogen) atoms. The van der Waals surface area contributed by atoms with E-state index in [1.807, 2.05) is 0 Å². The fraction of sp³-hybridized carbons (Fsp3) is 0.158. The molecule has 0 fully saturated rings. The predicted molar refractivity (Wildman–Crippen MR) is 178 cm³/mol. The molecule has 5 aromatic carbocycles. The summed E-state index contributed by atoms with van der Waals surface area (Å²) in [6, 6.07) is 49.2. The summed E-state index contributed by atoms with van der Waals surface area (Å²) >= 11 is 0. The van der Waals surface area contributed by atoms with Crippen molar-refractivity contribution in [1.29, 1.82) is 0 Å². The number of nitrogens with zero attached hydrogens (tertiary/aromatic N) is 2. The molecule has 4 nitrogen and oxygen atoms in total. The van der Waals surface area contributed by atoms with E-state index in [-0.39, 0.29) is 12.1 Å². The van der Waals surface area contributed by atoms with Crippen LogP contribution in [0.15, 0.2) is 150 Å². The highest BCUT2D eigenvalue weighted by atomic mass is 31.1. The van der Waals surface area contributed by atoms with E-state index < -0.39 is 7.92 Å². The van der Waals surface area contributed by atoms with Crippen LogP contribution in [0.4, 0.5) is 0 Å². The molecule has 2 heterocycles. The lowest BCUT2D eigenvalue weighted by atomic mass is 10.1. The molecule has 5 heteroatoms. The van der Waals surface area contributed by atoms with Crippen LogP contribution in [0.1, 0.15) is 22.3 Å². The van der Waals surface area contributed by atoms with Crippen molar-refractivity contribution in [3.63, 3.8) is 0 Å². The molecule has 0 unspecified atom stereocenters. The van der Waals surface area contributed by atoms with Gasteiger partial charge in [0, 0.05) is 11.1 Å². The maximum atomic E-state index is 6.30. The molecule has 0 amide bonds. The van der Waals surface area contributed by atoms with Crippen LogP contribution in [0.25, 0.3) is 0 Å². The maximum absolute atomic E-state index is 6.30. The molecule has 2 aliphatic heterocycles. The van der Waals surface area contributed by atoms with Crippen LogP contribution < -0.4 is 15.9 Å². The van der Waals surface area contributed by atoms with Crippen LogP contribution in [-0.2, 0) is 22.3 Å². The highest BCUT2D eigenvalue weighted by Crippen LogP contribution is 2.37. The van der Waals surface area contributed by atoms with Crippen molar-refractivity contribution in [2.45, 2.75) is 24.9 Å². The standard InChI is InChI=1S/C38H33N2O2P/c1-4-14-28(15-5-1)24-30-26-41-37(39-30)33-20-10-12-22-35(33)43(32-18-8-3-9-19-32)36-23-13-11-21-34(36)38-40-31(27-42-38)25-29-16-6-2-7-17-29/h1-23,30-31H,24-27H2/t30-,31-/m0/s1. The van der Waals surface area contributed by atoms with Gasteiger partial charge in [-0.3, -0.25) is 0 Å². The topological polar surface area (TPSA) is 43.2 Å². The van der Waals surface area contributed by atoms with Gasteiger partial charge in [-0.2, -0.15) is 0 Å². The number of benzene rings is 5. The lowest BCUT2D eigenvalue weighted by Gasteiger charge is -2.24. The summed E-state index contributed by atoms with van der Waals surface area (Å²) < 4.78 is 12.6. The zero-order valence-electron chi connectivity index (χ0n) is 23.9. The van der Waals surface area contributed by atoms with E-state index in [1.165, 1.54) is 27.0 Å². The highest BCUT2D eigenvalue weighted by molar-refractivity contribution is 7.80. The Morgan fingerprint density at radius 2 is 0.884 bits per heavy atom. The lowest BCUT2D eigenvalue weighted by Crippen LogP contribution is -2.28. The predicted octanol–water partition coefficient (Wildman–Crippen LogP) is 6.22. The Morgan fingerprint density at radius 3 is 1.35 bits per heavy atom. The molecule has 0 spiro atoms. The molecule has 2 aliphatic rings. The van der Waals surface area contributed by atoms with Crippen molar-refractivity contribution >= 4 is 35.6 Å². The van der Waals surface area contributed by atoms with Gasteiger partial charge in [0.15, 0.2) is 0 Å². The molecule has 0 bridgehead atoms. The maximum Gasteiger partial charge on any atom is 0.217 e. The van der Waals surface area contributed by atoms with Gasteiger partial charge in [0.1, 0.15) is 13.2 Å². The number of aliphatic imine (C=N–C) groups is 2. The second-order valence-corrected chi connectivity index (χ2v) is 13.0. The van der Waals surface area contributed by atoms with Gasteiger partial charge in [-0.05, 0) is 59.9 Å². The molecule has 0 aromatic heterocycles. The van der Waals surface area contributed by atoms with Gasteiger partial charge >= 0.3 is 0 Å². The van der Waals surface area contributed by atoms with Gasteiger partial charge in [-0.25, -0.2) is 9.98 Å². The first-order chi connectivity index (χ1) is 21.3. The van der Waals surface area contributed by atoms with Crippen LogP contribution in [0.2, 0.25) is 0 Å². The Hall–Kier alpha value is -4.53. The van der Waals surface area contributed by atoms with E-state index in [0.29, 0.717) is 13.2 Å². The minimum atomic E-state index is -0.966. The summed E-state index contributed by atoms with van der Waals surface area (Å²) in [5.74, 6) is 1.46. The minimum absolute atomic E-state index is 0.100. The first-order valence-electron chi connectivity index (χ1n) is 14.8. The van der Waals surface area contributed by atoms with Crippen LogP contribution in [0.5, 0.6) is 0 Å². The third-order valence-electron chi connectivity index (χ3n) is 7.82. The minimum Gasteiger partial charge on any atom is -0.475 e. The molecule has 0 saturated carbocycles. The fourth-order valence-corrected chi connectivity index (χ4v) is 8.37. The van der Waals surface area contributed by atoms with E-state index in [4.69, 9.17) is 19.5 Å². The van der Waals surface area contributed by atoms with E-state index in [0.717, 1.165) is 35.8 Å². The smallest absolute Gasteiger partial charge is 0.217 e. The Labute approximate surface area is 254 Å². The molecule has 2 atom stereocenters. The van der Waals surface area contributed by atoms with Gasteiger partial charge in [0.2, 0.25) is 11.8 Å². The van der Waals surface area contributed by atoms with Gasteiger partial charge in [-0.1, -0.05) is 127 Å². The Balaban J connectivity index is 1.26. The van der Waals surface area contributed by atoms with Crippen molar-refractivity contribution in [1.82, 2.24) is 0 Å². The Morgan fingerprint density at radius 1 is 0.488 bits per heavy atom. The first kappa shape index (κ1) is 27.3. The third kappa shape index (κ3) is 6.16. The zero-order valence-corrected chi connectivity index (χ0v) is 24.8. The average Bonchev–Trinajstić information content (AvgIpc) is 3.73. The van der Waals surface area contributed by atoms with Crippen molar-refractivity contribution in [3.8, 4) is 0 Å². The SMILES string of the molecule is c1ccc(C[C@H]2COC(c3ccccc3P(c3ccccc3)c3ccccc3C3=N[C@@H](Cc4ccccc4)CO3)=N2)cc1. The van der Waals surface area contributed by atoms with E-state index in [9.17, 15) is 0 Å². The summed E-state index contributed by atoms with van der Waals surface area (Å²) in [5.41, 5.74) is 4.66. The summed E-state index contributed by atoms with van der Waals surface area (Å²) in [6.07, 6.45) is 1.73. The average molecular weight is 581 g/mol. The van der Waals surface area contributed by atoms with Crippen molar-refractivity contribution in [2.75, 3.05) is 13.2 Å². The Kier molecular flexibility index (Phi) is 8.11. The highest BCUT2D eigenvalue weighted by Gasteiger charge is 2.30. The number of hydrogen-bond acceptors (Lipinski definition) is 4. The van der Waals surface area contributed by atoms with E-state index in [1.54, 1.807) is 0 Å². The van der Waals surface area contributed by atoms with Crippen LogP contribution in [-0.4, -0.2) is 37.1 Å². The normalized spacial score (nSPS) is 17.7. The second kappa shape index (κ2) is 12.8. The zero-order chi connectivity index (χ0) is 28.8. The third-order valence-corrected chi connectivity index (χ3v) is 10.4. The Bertz CT molecular complexity index is 1630. The van der Waals surface area contributed by atoms with Crippen LogP contribution >= 0.6 is 7.92 Å². The van der Waals surface area contributed by atoms with Crippen molar-refractivity contribution in [3.05, 3.63) is 162 Å². The van der Waals surface area contributed by atoms with Gasteiger partial charge in [0.25, 0.3) is 0 Å². The van der Waals surface area contributed by atoms with E-state index >= 15 is 0 Å². The van der Waals surface area contributed by atoms with Crippen molar-refractivity contribution < 1.29 is 9.47 Å². The van der Waals surface area contributed by atoms with Crippen molar-refractivity contribution in [2.24, 2.45) is 9.98 Å². The van der Waals surface area contributed by atoms with Crippen LogP contribution in [0.3, 0.4) is 0 Å². The monoisotopic (exact) mass is 580 g/mol. The second-order valence-electron chi connectivity index (χ2n) is 10.9. The first-order valence-corrected chi connectivity index (χ1v) is 16.2. The number of ether oxygens (including phenoxy) is 2. The lowest BCUT2D eigenvalue weighted by molar-refractivity contribution is 0.317. The molecule has 7 rings (SSSR count). The molecule has 212 valence electrons. The fourth-order valence-electron chi connectivity index (χ4n) is 5.79. The van der Waals surface area contributed by atoms with Gasteiger partial charge in [0.05, 0.1) is 12.1 Å². The quantitative estimate of drug-likeness (QED) is 0.194. The molecular formula is C38H33N2O2P. The molecule has 0 N–H and O–H groups in total. The molecule has 0 radical (unpaired) electrons. The van der Waals surface area contributed by atoms with E-state index in [2.05, 4.69) is 140 Å². The van der Waals surface area contributed by atoms with Gasteiger partial charge in [-0.15, -0.1) is 0 Å². The summed E-state index contributed by atoms with van der Waals surface area (Å²) in [7, 11) is -0.966. The van der Waals surface area contributed by atoms with Crippen LogP contribution in [0, 0.1) is 0 Å². The largest absolute Gasteiger partial charge is 0.475 e. The molecule has 0 saturated heterocycles. The molecule has 5 aromatic rings. The number of rotatable bonds is 9. The summed E-state index contributed by atoms with van der Waals surface area (Å²) in [6.45, 7) is 1.18.